The summed E-state index contributed by atoms with van der Waals surface area (Å²) in [6.45, 7) is 8.57. The molecule has 1 aromatic rings. The molecular weight excluding hydrogens is 250 g/mol. The summed E-state index contributed by atoms with van der Waals surface area (Å²) in [4.78, 5) is 2.01. The molecule has 0 heterocycles. The Morgan fingerprint density at radius 2 is 1.83 bits per heavy atom. The molecule has 3 nitrogen and oxygen atoms in total. The first-order valence-corrected chi connectivity index (χ1v) is 6.14. The Kier molecular flexibility index (Phi) is 6.81. The molecular formula is C14H18ClNO2. The lowest BCUT2D eigenvalue weighted by atomic mass is 10.3. The van der Waals surface area contributed by atoms with Crippen molar-refractivity contribution in [2.45, 2.75) is 5.50 Å². The molecule has 0 saturated carbocycles. The number of rotatable bonds is 9. The summed E-state index contributed by atoms with van der Waals surface area (Å²) in [6.07, 6.45) is 2.81. The SMILES string of the molecule is C=COCCN(c1ccccc1)C(Cl)COC=C. The third-order valence-corrected chi connectivity index (χ3v) is 2.71. The number of para-hydroxylation sites is 1. The second-order valence-corrected chi connectivity index (χ2v) is 4.00. The van der Waals surface area contributed by atoms with E-state index in [9.17, 15) is 0 Å². The van der Waals surface area contributed by atoms with Gasteiger partial charge in [-0.3, -0.25) is 0 Å². The molecule has 0 radical (unpaired) electrons. The first-order chi connectivity index (χ1) is 8.79. The van der Waals surface area contributed by atoms with Gasteiger partial charge >= 0.3 is 0 Å². The van der Waals surface area contributed by atoms with Gasteiger partial charge in [-0.15, -0.1) is 0 Å². The molecule has 0 aliphatic heterocycles. The lowest BCUT2D eigenvalue weighted by Crippen LogP contribution is -2.36. The van der Waals surface area contributed by atoms with Crippen LogP contribution in [0, 0.1) is 0 Å². The highest BCUT2D eigenvalue weighted by Gasteiger charge is 2.16. The molecule has 1 aromatic carbocycles. The van der Waals surface area contributed by atoms with Crippen molar-refractivity contribution in [2.24, 2.45) is 0 Å². The fourth-order valence-electron chi connectivity index (χ4n) is 1.52. The van der Waals surface area contributed by atoms with E-state index < -0.39 is 0 Å². The van der Waals surface area contributed by atoms with E-state index in [1.54, 1.807) is 0 Å². The standard InChI is InChI=1S/C14H18ClNO2/c1-3-17-11-10-16(14(15)12-18-4-2)13-8-6-5-7-9-13/h3-9,14H,1-2,10-12H2. The number of anilines is 1. The normalized spacial score (nSPS) is 11.4. The van der Waals surface area contributed by atoms with Crippen LogP contribution in [0.1, 0.15) is 0 Å². The van der Waals surface area contributed by atoms with Crippen LogP contribution in [0.4, 0.5) is 5.69 Å². The van der Waals surface area contributed by atoms with Crippen LogP contribution in [-0.2, 0) is 9.47 Å². The zero-order valence-corrected chi connectivity index (χ0v) is 11.1. The van der Waals surface area contributed by atoms with E-state index >= 15 is 0 Å². The maximum Gasteiger partial charge on any atom is 0.138 e. The quantitative estimate of drug-likeness (QED) is 0.296. The molecule has 98 valence electrons. The Labute approximate surface area is 113 Å². The summed E-state index contributed by atoms with van der Waals surface area (Å²) >= 11 is 6.31. The van der Waals surface area contributed by atoms with E-state index in [0.717, 1.165) is 5.69 Å². The lowest BCUT2D eigenvalue weighted by Gasteiger charge is -2.29. The van der Waals surface area contributed by atoms with Gasteiger partial charge in [0.25, 0.3) is 0 Å². The highest BCUT2D eigenvalue weighted by molar-refractivity contribution is 6.22. The average molecular weight is 268 g/mol. The van der Waals surface area contributed by atoms with Gasteiger partial charge in [0.05, 0.1) is 19.1 Å². The van der Waals surface area contributed by atoms with Gasteiger partial charge in [-0.2, -0.15) is 0 Å². The predicted molar refractivity (Wildman–Crippen MR) is 75.7 cm³/mol. The molecule has 0 aliphatic rings. The fraction of sp³-hybridized carbons (Fsp3) is 0.286. The van der Waals surface area contributed by atoms with Crippen molar-refractivity contribution in [3.63, 3.8) is 0 Å². The Morgan fingerprint density at radius 3 is 2.44 bits per heavy atom. The third kappa shape index (κ3) is 4.72. The van der Waals surface area contributed by atoms with Gasteiger partial charge in [-0.25, -0.2) is 0 Å². The fourth-order valence-corrected chi connectivity index (χ4v) is 1.81. The summed E-state index contributed by atoms with van der Waals surface area (Å²) in [6, 6.07) is 9.89. The molecule has 0 bridgehead atoms. The Morgan fingerprint density at radius 1 is 1.17 bits per heavy atom. The minimum Gasteiger partial charge on any atom is -0.500 e. The third-order valence-electron chi connectivity index (χ3n) is 2.35. The minimum absolute atomic E-state index is 0.279. The maximum atomic E-state index is 6.31. The van der Waals surface area contributed by atoms with Gasteiger partial charge in [0.1, 0.15) is 18.7 Å². The molecule has 0 spiro atoms. The van der Waals surface area contributed by atoms with Gasteiger partial charge in [0.2, 0.25) is 0 Å². The molecule has 0 aromatic heterocycles. The van der Waals surface area contributed by atoms with Crippen LogP contribution in [0.25, 0.3) is 0 Å². The van der Waals surface area contributed by atoms with Gasteiger partial charge in [0.15, 0.2) is 0 Å². The van der Waals surface area contributed by atoms with Crippen molar-refractivity contribution in [3.8, 4) is 0 Å². The van der Waals surface area contributed by atoms with Crippen molar-refractivity contribution >= 4 is 17.3 Å². The summed E-state index contributed by atoms with van der Waals surface area (Å²) in [7, 11) is 0. The lowest BCUT2D eigenvalue weighted by molar-refractivity contribution is 0.232. The van der Waals surface area contributed by atoms with Crippen molar-refractivity contribution in [3.05, 3.63) is 56.0 Å². The summed E-state index contributed by atoms with van der Waals surface area (Å²) in [5.74, 6) is 0. The molecule has 1 unspecified atom stereocenters. The molecule has 0 aliphatic carbocycles. The van der Waals surface area contributed by atoms with Crippen LogP contribution >= 0.6 is 11.6 Å². The Balaban J connectivity index is 2.67. The van der Waals surface area contributed by atoms with E-state index in [0.29, 0.717) is 19.8 Å². The smallest absolute Gasteiger partial charge is 0.138 e. The molecule has 0 fully saturated rings. The number of ether oxygens (including phenoxy) is 2. The Bertz CT molecular complexity index is 356. The van der Waals surface area contributed by atoms with Gasteiger partial charge in [0, 0.05) is 5.69 Å². The molecule has 0 amide bonds. The first-order valence-electron chi connectivity index (χ1n) is 5.70. The highest BCUT2D eigenvalue weighted by Crippen LogP contribution is 2.18. The Hall–Kier alpha value is -1.61. The second kappa shape index (κ2) is 8.48. The molecule has 4 heteroatoms. The summed E-state index contributed by atoms with van der Waals surface area (Å²) in [5.41, 5.74) is 0.747. The zero-order valence-electron chi connectivity index (χ0n) is 10.3. The molecule has 0 N–H and O–H groups in total. The van der Waals surface area contributed by atoms with Crippen molar-refractivity contribution in [2.75, 3.05) is 24.7 Å². The monoisotopic (exact) mass is 267 g/mol. The number of benzene rings is 1. The molecule has 18 heavy (non-hydrogen) atoms. The largest absolute Gasteiger partial charge is 0.500 e. The zero-order chi connectivity index (χ0) is 13.2. The number of hydrogen-bond donors (Lipinski definition) is 0. The van der Waals surface area contributed by atoms with Crippen LogP contribution < -0.4 is 4.90 Å². The average Bonchev–Trinajstić information content (AvgIpc) is 2.42. The van der Waals surface area contributed by atoms with E-state index in [1.807, 2.05) is 35.2 Å². The molecule has 1 rings (SSSR count). The van der Waals surface area contributed by atoms with Crippen LogP contribution in [0.3, 0.4) is 0 Å². The van der Waals surface area contributed by atoms with E-state index in [4.69, 9.17) is 21.1 Å². The van der Waals surface area contributed by atoms with Crippen LogP contribution in [0.2, 0.25) is 0 Å². The van der Waals surface area contributed by atoms with Crippen LogP contribution in [0.5, 0.6) is 0 Å². The predicted octanol–water partition coefficient (Wildman–Crippen LogP) is 3.38. The number of alkyl halides is 1. The maximum absolute atomic E-state index is 6.31. The number of nitrogens with zero attached hydrogens (tertiary/aromatic N) is 1. The van der Waals surface area contributed by atoms with E-state index in [-0.39, 0.29) is 5.50 Å². The molecule has 0 saturated heterocycles. The van der Waals surface area contributed by atoms with E-state index in [1.165, 1.54) is 12.5 Å². The van der Waals surface area contributed by atoms with E-state index in [2.05, 4.69) is 13.2 Å². The molecule has 1 atom stereocenters. The number of halogens is 1. The topological polar surface area (TPSA) is 21.7 Å². The second-order valence-electron chi connectivity index (χ2n) is 3.50. The van der Waals surface area contributed by atoms with Crippen LogP contribution in [0.15, 0.2) is 56.0 Å². The van der Waals surface area contributed by atoms with Gasteiger partial charge < -0.3 is 14.4 Å². The highest BCUT2D eigenvalue weighted by atomic mass is 35.5. The van der Waals surface area contributed by atoms with Crippen molar-refractivity contribution in [1.29, 1.82) is 0 Å². The first kappa shape index (κ1) is 14.5. The summed E-state index contributed by atoms with van der Waals surface area (Å²) in [5, 5.41) is 0. The van der Waals surface area contributed by atoms with Crippen molar-refractivity contribution < 1.29 is 9.47 Å². The number of hydrogen-bond acceptors (Lipinski definition) is 3. The van der Waals surface area contributed by atoms with Gasteiger partial charge in [-0.1, -0.05) is 43.0 Å². The summed E-state index contributed by atoms with van der Waals surface area (Å²) < 4.78 is 10.3. The van der Waals surface area contributed by atoms with Crippen LogP contribution in [-0.4, -0.2) is 25.3 Å². The minimum atomic E-state index is -0.279. The van der Waals surface area contributed by atoms with Gasteiger partial charge in [-0.05, 0) is 12.1 Å². The van der Waals surface area contributed by atoms with Crippen molar-refractivity contribution in [1.82, 2.24) is 0 Å².